The predicted octanol–water partition coefficient (Wildman–Crippen LogP) is 2.76. The van der Waals surface area contributed by atoms with E-state index in [1.807, 2.05) is 12.1 Å². The lowest BCUT2D eigenvalue weighted by molar-refractivity contribution is 0.199. The van der Waals surface area contributed by atoms with Crippen LogP contribution in [0.1, 0.15) is 45.3 Å². The van der Waals surface area contributed by atoms with Gasteiger partial charge in [-0.05, 0) is 50.3 Å². The Labute approximate surface area is 103 Å². The third-order valence-electron chi connectivity index (χ3n) is 3.66. The zero-order chi connectivity index (χ0) is 12.4. The van der Waals surface area contributed by atoms with E-state index in [4.69, 9.17) is 0 Å². The third kappa shape index (κ3) is 2.78. The van der Waals surface area contributed by atoms with E-state index in [2.05, 4.69) is 23.7 Å². The highest BCUT2D eigenvalue weighted by molar-refractivity contribution is 5.43. The van der Waals surface area contributed by atoms with Crippen LogP contribution in [0.15, 0.2) is 18.3 Å². The van der Waals surface area contributed by atoms with Gasteiger partial charge in [0.2, 0.25) is 0 Å². The van der Waals surface area contributed by atoms with Crippen LogP contribution in [-0.4, -0.2) is 22.7 Å². The molecule has 94 valence electrons. The fraction of sp³-hybridized carbons (Fsp3) is 0.643. The van der Waals surface area contributed by atoms with Gasteiger partial charge in [0.25, 0.3) is 0 Å². The summed E-state index contributed by atoms with van der Waals surface area (Å²) in [5.41, 5.74) is 0.945. The molecule has 0 bridgehead atoms. The van der Waals surface area contributed by atoms with E-state index in [1.165, 1.54) is 12.8 Å². The Morgan fingerprint density at radius 1 is 1.41 bits per heavy atom. The van der Waals surface area contributed by atoms with Crippen molar-refractivity contribution in [1.82, 2.24) is 4.98 Å². The number of pyridine rings is 1. The number of nitrogens with zero attached hydrogens (tertiary/aromatic N) is 2. The normalized spacial score (nSPS) is 26.9. The van der Waals surface area contributed by atoms with Crippen molar-refractivity contribution in [3.8, 4) is 0 Å². The molecule has 1 aromatic rings. The van der Waals surface area contributed by atoms with Gasteiger partial charge in [-0.1, -0.05) is 6.92 Å². The zero-order valence-electron chi connectivity index (χ0n) is 10.9. The number of aliphatic hydroxyl groups excluding tert-OH is 1. The molecule has 2 unspecified atom stereocenters. The maximum absolute atomic E-state index is 9.62. The second-order valence-corrected chi connectivity index (χ2v) is 5.31. The first-order valence-corrected chi connectivity index (χ1v) is 6.48. The molecule has 0 aliphatic carbocycles. The average Bonchev–Trinajstić information content (AvgIpc) is 2.32. The molecule has 3 nitrogen and oxygen atoms in total. The Hall–Kier alpha value is -1.09. The van der Waals surface area contributed by atoms with Crippen molar-refractivity contribution in [3.05, 3.63) is 23.9 Å². The van der Waals surface area contributed by atoms with Crippen LogP contribution in [0.3, 0.4) is 0 Å². The summed E-state index contributed by atoms with van der Waals surface area (Å²) in [6.07, 6.45) is 3.90. The lowest BCUT2D eigenvalue weighted by Crippen LogP contribution is -2.41. The number of hydrogen-bond acceptors (Lipinski definition) is 3. The number of aliphatic hydroxyl groups is 1. The average molecular weight is 234 g/mol. The summed E-state index contributed by atoms with van der Waals surface area (Å²) in [6.45, 7) is 7.40. The fourth-order valence-electron chi connectivity index (χ4n) is 2.46. The second-order valence-electron chi connectivity index (χ2n) is 5.31. The molecule has 0 amide bonds. The van der Waals surface area contributed by atoms with Crippen LogP contribution in [0.4, 0.5) is 5.82 Å². The highest BCUT2D eigenvalue weighted by Crippen LogP contribution is 2.27. The van der Waals surface area contributed by atoms with Crippen molar-refractivity contribution in [2.24, 2.45) is 5.92 Å². The molecule has 0 radical (unpaired) electrons. The molecule has 0 saturated carbocycles. The molecule has 2 rings (SSSR count). The highest BCUT2D eigenvalue weighted by Gasteiger charge is 2.24. The van der Waals surface area contributed by atoms with Crippen LogP contribution in [0.25, 0.3) is 0 Å². The van der Waals surface area contributed by atoms with Crippen molar-refractivity contribution in [2.45, 2.75) is 45.8 Å². The minimum atomic E-state index is -0.422. The maximum atomic E-state index is 9.62. The van der Waals surface area contributed by atoms with Crippen LogP contribution >= 0.6 is 0 Å². The van der Waals surface area contributed by atoms with Crippen LogP contribution in [0, 0.1) is 5.92 Å². The SMILES string of the molecule is CC1CCC(C)N(c2cc([C@H](C)O)ccn2)C1. The van der Waals surface area contributed by atoms with Crippen LogP contribution < -0.4 is 4.90 Å². The standard InChI is InChI=1S/C14H22N2O/c1-10-4-5-11(2)16(9-10)14-8-13(12(3)17)6-7-15-14/h6-8,10-12,17H,4-5,9H2,1-3H3/t10?,11?,12-/m0/s1. The summed E-state index contributed by atoms with van der Waals surface area (Å²) >= 11 is 0. The van der Waals surface area contributed by atoms with Gasteiger partial charge in [-0.2, -0.15) is 0 Å². The summed E-state index contributed by atoms with van der Waals surface area (Å²) in [5.74, 6) is 1.73. The molecule has 1 N–H and O–H groups in total. The first-order chi connectivity index (χ1) is 8.08. The molecule has 0 aromatic carbocycles. The summed E-state index contributed by atoms with van der Waals surface area (Å²) in [7, 11) is 0. The Morgan fingerprint density at radius 3 is 2.88 bits per heavy atom. The van der Waals surface area contributed by atoms with E-state index >= 15 is 0 Å². The number of rotatable bonds is 2. The predicted molar refractivity (Wildman–Crippen MR) is 70.1 cm³/mol. The van der Waals surface area contributed by atoms with E-state index in [1.54, 1.807) is 13.1 Å². The van der Waals surface area contributed by atoms with Gasteiger partial charge in [-0.3, -0.25) is 0 Å². The van der Waals surface area contributed by atoms with Crippen LogP contribution in [-0.2, 0) is 0 Å². The molecule has 3 heteroatoms. The van der Waals surface area contributed by atoms with Gasteiger partial charge in [0, 0.05) is 18.8 Å². The summed E-state index contributed by atoms with van der Waals surface area (Å²) in [6, 6.07) is 4.44. The van der Waals surface area contributed by atoms with Crippen molar-refractivity contribution < 1.29 is 5.11 Å². The summed E-state index contributed by atoms with van der Waals surface area (Å²) in [5, 5.41) is 9.62. The topological polar surface area (TPSA) is 36.4 Å². The molecule has 3 atom stereocenters. The van der Waals surface area contributed by atoms with E-state index < -0.39 is 6.10 Å². The van der Waals surface area contributed by atoms with Gasteiger partial charge in [-0.25, -0.2) is 4.98 Å². The summed E-state index contributed by atoms with van der Waals surface area (Å²) in [4.78, 5) is 6.81. The molecule has 1 aromatic heterocycles. The maximum Gasteiger partial charge on any atom is 0.129 e. The van der Waals surface area contributed by atoms with Crippen molar-refractivity contribution in [3.63, 3.8) is 0 Å². The fourth-order valence-corrected chi connectivity index (χ4v) is 2.46. The Bertz CT molecular complexity index is 378. The number of anilines is 1. The molecule has 2 heterocycles. The van der Waals surface area contributed by atoms with Gasteiger partial charge >= 0.3 is 0 Å². The van der Waals surface area contributed by atoms with E-state index in [-0.39, 0.29) is 0 Å². The molecule has 1 aliphatic heterocycles. The first-order valence-electron chi connectivity index (χ1n) is 6.48. The van der Waals surface area contributed by atoms with Crippen molar-refractivity contribution >= 4 is 5.82 Å². The van der Waals surface area contributed by atoms with Crippen LogP contribution in [0.5, 0.6) is 0 Å². The van der Waals surface area contributed by atoms with Crippen molar-refractivity contribution in [1.29, 1.82) is 0 Å². The molecule has 1 fully saturated rings. The molecule has 0 spiro atoms. The Balaban J connectivity index is 2.23. The van der Waals surface area contributed by atoms with Crippen molar-refractivity contribution in [2.75, 3.05) is 11.4 Å². The van der Waals surface area contributed by atoms with Crippen LogP contribution in [0.2, 0.25) is 0 Å². The van der Waals surface area contributed by atoms with Gasteiger partial charge < -0.3 is 10.0 Å². The lowest BCUT2D eigenvalue weighted by Gasteiger charge is -2.37. The highest BCUT2D eigenvalue weighted by atomic mass is 16.3. The number of aromatic nitrogens is 1. The van der Waals surface area contributed by atoms with Gasteiger partial charge in [-0.15, -0.1) is 0 Å². The number of piperidine rings is 1. The molecular weight excluding hydrogens is 212 g/mol. The van der Waals surface area contributed by atoms with E-state index in [0.29, 0.717) is 6.04 Å². The molecular formula is C14H22N2O. The second kappa shape index (κ2) is 5.05. The Kier molecular flexibility index (Phi) is 3.67. The van der Waals surface area contributed by atoms with Gasteiger partial charge in [0.15, 0.2) is 0 Å². The van der Waals surface area contributed by atoms with Gasteiger partial charge in [0.05, 0.1) is 6.10 Å². The summed E-state index contributed by atoms with van der Waals surface area (Å²) < 4.78 is 0. The minimum Gasteiger partial charge on any atom is -0.389 e. The molecule has 17 heavy (non-hydrogen) atoms. The third-order valence-corrected chi connectivity index (χ3v) is 3.66. The largest absolute Gasteiger partial charge is 0.389 e. The molecule has 1 saturated heterocycles. The van der Waals surface area contributed by atoms with E-state index in [0.717, 1.165) is 23.8 Å². The molecule has 1 aliphatic rings. The quantitative estimate of drug-likeness (QED) is 0.854. The first kappa shape index (κ1) is 12.4. The lowest BCUT2D eigenvalue weighted by atomic mass is 9.95. The minimum absolute atomic E-state index is 0.422. The van der Waals surface area contributed by atoms with E-state index in [9.17, 15) is 5.11 Å². The zero-order valence-corrected chi connectivity index (χ0v) is 10.9. The number of hydrogen-bond donors (Lipinski definition) is 1. The van der Waals surface area contributed by atoms with Gasteiger partial charge in [0.1, 0.15) is 5.82 Å². The smallest absolute Gasteiger partial charge is 0.129 e. The monoisotopic (exact) mass is 234 g/mol. The Morgan fingerprint density at radius 2 is 2.18 bits per heavy atom.